The van der Waals surface area contributed by atoms with Crippen molar-refractivity contribution in [2.75, 3.05) is 13.2 Å². The first kappa shape index (κ1) is 18.0. The van der Waals surface area contributed by atoms with Crippen LogP contribution in [-0.2, 0) is 11.3 Å². The third-order valence-electron chi connectivity index (χ3n) is 3.39. The Hall–Kier alpha value is -1.06. The third-order valence-corrected chi connectivity index (χ3v) is 3.39. The second-order valence-electron chi connectivity index (χ2n) is 6.92. The zero-order valence-corrected chi connectivity index (χ0v) is 14.4. The number of benzene rings is 1. The summed E-state index contributed by atoms with van der Waals surface area (Å²) in [5, 5.41) is 3.48. The van der Waals surface area contributed by atoms with Gasteiger partial charge in [-0.15, -0.1) is 0 Å². The minimum Gasteiger partial charge on any atom is -0.491 e. The summed E-state index contributed by atoms with van der Waals surface area (Å²) in [6.45, 7) is 15.0. The highest BCUT2D eigenvalue weighted by molar-refractivity contribution is 5.28. The van der Waals surface area contributed by atoms with E-state index in [1.54, 1.807) is 0 Å². The van der Waals surface area contributed by atoms with Crippen molar-refractivity contribution in [2.24, 2.45) is 5.92 Å². The second kappa shape index (κ2) is 8.40. The van der Waals surface area contributed by atoms with Gasteiger partial charge in [0.15, 0.2) is 0 Å². The van der Waals surface area contributed by atoms with Crippen LogP contribution in [0.15, 0.2) is 24.3 Å². The third kappa shape index (κ3) is 8.08. The van der Waals surface area contributed by atoms with Gasteiger partial charge >= 0.3 is 0 Å². The molecule has 0 radical (unpaired) electrons. The highest BCUT2D eigenvalue weighted by atomic mass is 16.5. The van der Waals surface area contributed by atoms with Crippen molar-refractivity contribution in [3.63, 3.8) is 0 Å². The van der Waals surface area contributed by atoms with Crippen LogP contribution in [0.1, 0.15) is 47.1 Å². The van der Waals surface area contributed by atoms with E-state index < -0.39 is 0 Å². The number of nitrogens with one attached hydrogen (secondary N) is 1. The molecule has 1 aromatic rings. The summed E-state index contributed by atoms with van der Waals surface area (Å²) < 4.78 is 11.5. The van der Waals surface area contributed by atoms with Crippen molar-refractivity contribution < 1.29 is 9.47 Å². The van der Waals surface area contributed by atoms with Gasteiger partial charge in [-0.25, -0.2) is 0 Å². The molecule has 0 saturated heterocycles. The number of hydrogen-bond acceptors (Lipinski definition) is 3. The van der Waals surface area contributed by atoms with E-state index in [0.717, 1.165) is 12.3 Å². The average Bonchev–Trinajstić information content (AvgIpc) is 2.40. The Morgan fingerprint density at radius 1 is 1.10 bits per heavy atom. The Balaban J connectivity index is 2.36. The lowest BCUT2D eigenvalue weighted by atomic mass is 10.1. The molecule has 21 heavy (non-hydrogen) atoms. The molecule has 120 valence electrons. The lowest BCUT2D eigenvalue weighted by molar-refractivity contribution is 0.0188. The summed E-state index contributed by atoms with van der Waals surface area (Å²) in [5.41, 5.74) is 1.36. The fraction of sp³-hybridized carbons (Fsp3) is 0.667. The number of rotatable bonds is 8. The maximum absolute atomic E-state index is 5.76. The molecule has 3 nitrogen and oxygen atoms in total. The largest absolute Gasteiger partial charge is 0.491 e. The monoisotopic (exact) mass is 293 g/mol. The van der Waals surface area contributed by atoms with Gasteiger partial charge in [0.25, 0.3) is 0 Å². The smallest absolute Gasteiger partial charge is 0.119 e. The lowest BCUT2D eigenvalue weighted by Crippen LogP contribution is -2.35. The Kier molecular flexibility index (Phi) is 7.20. The summed E-state index contributed by atoms with van der Waals surface area (Å²) >= 11 is 0. The van der Waals surface area contributed by atoms with E-state index in [1.807, 2.05) is 12.1 Å². The molecule has 1 rings (SSSR count). The van der Waals surface area contributed by atoms with E-state index in [0.29, 0.717) is 19.1 Å². The van der Waals surface area contributed by atoms with Gasteiger partial charge in [-0.05, 0) is 51.3 Å². The van der Waals surface area contributed by atoms with Crippen molar-refractivity contribution in [2.45, 2.75) is 59.7 Å². The molecule has 3 heteroatoms. The van der Waals surface area contributed by atoms with Crippen LogP contribution in [0.5, 0.6) is 5.75 Å². The number of ether oxygens (including phenoxy) is 2. The highest BCUT2D eigenvalue weighted by Crippen LogP contribution is 2.14. The summed E-state index contributed by atoms with van der Waals surface area (Å²) in [6, 6.07) is 8.23. The van der Waals surface area contributed by atoms with Gasteiger partial charge in [0, 0.05) is 12.1 Å². The molecule has 1 atom stereocenters. The first-order valence-electron chi connectivity index (χ1n) is 7.86. The molecule has 0 aliphatic carbocycles. The molecule has 0 amide bonds. The van der Waals surface area contributed by atoms with Gasteiger partial charge in [0.05, 0.1) is 12.7 Å². The maximum atomic E-state index is 5.76. The molecule has 0 aromatic heterocycles. The second-order valence-corrected chi connectivity index (χ2v) is 6.92. The molecule has 1 N–H and O–H groups in total. The molecule has 1 aromatic carbocycles. The zero-order valence-electron chi connectivity index (χ0n) is 14.4. The molecule has 1 unspecified atom stereocenters. The standard InChI is InChI=1S/C18H31NO2/c1-14(2)15(3)20-10-11-21-17-9-7-8-16(12-17)13-19-18(4,5)6/h7-9,12,14-15,19H,10-11,13H2,1-6H3. The van der Waals surface area contributed by atoms with Crippen molar-refractivity contribution in [3.8, 4) is 5.75 Å². The molecule has 0 heterocycles. The SMILES string of the molecule is CC(C)C(C)OCCOc1cccc(CNC(C)(C)C)c1. The van der Waals surface area contributed by atoms with Crippen LogP contribution in [-0.4, -0.2) is 24.9 Å². The van der Waals surface area contributed by atoms with Crippen molar-refractivity contribution in [3.05, 3.63) is 29.8 Å². The quantitative estimate of drug-likeness (QED) is 0.734. The van der Waals surface area contributed by atoms with Crippen LogP contribution < -0.4 is 10.1 Å². The molecule has 0 saturated carbocycles. The Labute approximate surface area is 130 Å². The predicted octanol–water partition coefficient (Wildman–Crippen LogP) is 4.01. The van der Waals surface area contributed by atoms with Crippen LogP contribution >= 0.6 is 0 Å². The molecule has 0 aliphatic rings. The minimum atomic E-state index is 0.123. The highest BCUT2D eigenvalue weighted by Gasteiger charge is 2.09. The summed E-state index contributed by atoms with van der Waals surface area (Å²) in [7, 11) is 0. The topological polar surface area (TPSA) is 30.5 Å². The summed E-state index contributed by atoms with van der Waals surface area (Å²) in [5.74, 6) is 1.45. The number of hydrogen-bond donors (Lipinski definition) is 1. The van der Waals surface area contributed by atoms with Gasteiger partial charge in [0.2, 0.25) is 0 Å². The predicted molar refractivity (Wildman–Crippen MR) is 88.8 cm³/mol. The van der Waals surface area contributed by atoms with Crippen LogP contribution in [0.3, 0.4) is 0 Å². The molecule has 0 bridgehead atoms. The average molecular weight is 293 g/mol. The first-order chi connectivity index (χ1) is 9.78. The molecular formula is C18H31NO2. The summed E-state index contributed by atoms with van der Waals surface area (Å²) in [6.07, 6.45) is 0.274. The lowest BCUT2D eigenvalue weighted by Gasteiger charge is -2.20. The van der Waals surface area contributed by atoms with Gasteiger partial charge < -0.3 is 14.8 Å². The minimum absolute atomic E-state index is 0.123. The van der Waals surface area contributed by atoms with E-state index in [2.05, 4.69) is 59.0 Å². The van der Waals surface area contributed by atoms with E-state index in [4.69, 9.17) is 9.47 Å². The van der Waals surface area contributed by atoms with E-state index >= 15 is 0 Å². The molecule has 0 aliphatic heterocycles. The van der Waals surface area contributed by atoms with E-state index in [1.165, 1.54) is 5.56 Å². The maximum Gasteiger partial charge on any atom is 0.119 e. The molecular weight excluding hydrogens is 262 g/mol. The molecule has 0 spiro atoms. The van der Waals surface area contributed by atoms with E-state index in [9.17, 15) is 0 Å². The van der Waals surface area contributed by atoms with Crippen LogP contribution in [0.25, 0.3) is 0 Å². The summed E-state index contributed by atoms with van der Waals surface area (Å²) in [4.78, 5) is 0. The Morgan fingerprint density at radius 3 is 2.43 bits per heavy atom. The van der Waals surface area contributed by atoms with Gasteiger partial charge in [0.1, 0.15) is 12.4 Å². The van der Waals surface area contributed by atoms with Crippen molar-refractivity contribution >= 4 is 0 Å². The fourth-order valence-corrected chi connectivity index (χ4v) is 1.70. The van der Waals surface area contributed by atoms with Gasteiger partial charge in [-0.1, -0.05) is 26.0 Å². The fourth-order valence-electron chi connectivity index (χ4n) is 1.70. The van der Waals surface area contributed by atoms with Crippen LogP contribution in [0, 0.1) is 5.92 Å². The van der Waals surface area contributed by atoms with Crippen LogP contribution in [0.2, 0.25) is 0 Å². The van der Waals surface area contributed by atoms with Gasteiger partial charge in [-0.3, -0.25) is 0 Å². The van der Waals surface area contributed by atoms with E-state index in [-0.39, 0.29) is 11.6 Å². The first-order valence-corrected chi connectivity index (χ1v) is 7.86. The van der Waals surface area contributed by atoms with Crippen LogP contribution in [0.4, 0.5) is 0 Å². The van der Waals surface area contributed by atoms with Crippen molar-refractivity contribution in [1.82, 2.24) is 5.32 Å². The van der Waals surface area contributed by atoms with Crippen molar-refractivity contribution in [1.29, 1.82) is 0 Å². The zero-order chi connectivity index (χ0) is 15.9. The normalized spacial score (nSPS) is 13.5. The van der Waals surface area contributed by atoms with Gasteiger partial charge in [-0.2, -0.15) is 0 Å². The Bertz CT molecular complexity index is 410. The Morgan fingerprint density at radius 2 is 1.81 bits per heavy atom. The molecule has 0 fully saturated rings.